The second-order valence-electron chi connectivity index (χ2n) is 4.18. The molecule has 1 aromatic carbocycles. The molecule has 4 heteroatoms. The number of hydrogen-bond donors (Lipinski definition) is 0. The topological polar surface area (TPSA) is 39.4 Å². The van der Waals surface area contributed by atoms with E-state index in [2.05, 4.69) is 0 Å². The number of benzene rings is 1. The summed E-state index contributed by atoms with van der Waals surface area (Å²) in [5.41, 5.74) is 1.70. The lowest BCUT2D eigenvalue weighted by Gasteiger charge is -2.07. The number of thioether (sulfide) groups is 1. The van der Waals surface area contributed by atoms with Crippen molar-refractivity contribution in [1.29, 1.82) is 0 Å². The summed E-state index contributed by atoms with van der Waals surface area (Å²) in [5.74, 6) is 2.87. The zero-order valence-electron chi connectivity index (χ0n) is 11.0. The maximum Gasteiger partial charge on any atom is 0.173 e. The molecule has 0 aliphatic heterocycles. The second kappa shape index (κ2) is 6.48. The van der Waals surface area contributed by atoms with Crippen LogP contribution in [0.4, 0.5) is 0 Å². The summed E-state index contributed by atoms with van der Waals surface area (Å²) >= 11 is 1.55. The molecule has 0 spiro atoms. The predicted octanol–water partition coefficient (Wildman–Crippen LogP) is 3.71. The van der Waals surface area contributed by atoms with E-state index < -0.39 is 0 Å². The second-order valence-corrected chi connectivity index (χ2v) is 5.16. The number of methoxy groups -OCH3 is 1. The van der Waals surface area contributed by atoms with Gasteiger partial charge in [-0.2, -0.15) is 0 Å². The number of aryl methyl sites for hydroxylation is 1. The minimum absolute atomic E-state index is 0.118. The molecule has 3 nitrogen and oxygen atoms in total. The number of furan rings is 1. The normalized spacial score (nSPS) is 10.4. The molecular formula is C15H16O3S. The van der Waals surface area contributed by atoms with Crippen LogP contribution in [0.15, 0.2) is 41.0 Å². The van der Waals surface area contributed by atoms with Gasteiger partial charge in [0.15, 0.2) is 5.78 Å². The Morgan fingerprint density at radius 1 is 1.37 bits per heavy atom. The summed E-state index contributed by atoms with van der Waals surface area (Å²) in [4.78, 5) is 12.2. The molecule has 19 heavy (non-hydrogen) atoms. The average molecular weight is 276 g/mol. The van der Waals surface area contributed by atoms with Crippen molar-refractivity contribution in [3.63, 3.8) is 0 Å². The third-order valence-corrected chi connectivity index (χ3v) is 3.76. The minimum atomic E-state index is 0.118. The van der Waals surface area contributed by atoms with Crippen LogP contribution in [0, 0.1) is 6.92 Å². The third kappa shape index (κ3) is 3.64. The van der Waals surface area contributed by atoms with E-state index in [0.29, 0.717) is 17.3 Å². The molecule has 2 aromatic rings. The van der Waals surface area contributed by atoms with Crippen molar-refractivity contribution < 1.29 is 13.9 Å². The maximum absolute atomic E-state index is 12.2. The summed E-state index contributed by atoms with van der Waals surface area (Å²) in [6.45, 7) is 1.93. The molecule has 0 fully saturated rings. The predicted molar refractivity (Wildman–Crippen MR) is 76.9 cm³/mol. The largest absolute Gasteiger partial charge is 0.497 e. The zero-order valence-corrected chi connectivity index (χ0v) is 11.8. The highest BCUT2D eigenvalue weighted by molar-refractivity contribution is 7.99. The van der Waals surface area contributed by atoms with Crippen molar-refractivity contribution in [3.05, 3.63) is 53.5 Å². The van der Waals surface area contributed by atoms with Crippen molar-refractivity contribution >= 4 is 17.5 Å². The number of rotatable bonds is 6. The Balaban J connectivity index is 1.95. The van der Waals surface area contributed by atoms with Gasteiger partial charge in [0.1, 0.15) is 11.5 Å². The van der Waals surface area contributed by atoms with Gasteiger partial charge >= 0.3 is 0 Å². The Kier molecular flexibility index (Phi) is 4.68. The molecule has 100 valence electrons. The molecule has 0 radical (unpaired) electrons. The fourth-order valence-corrected chi connectivity index (χ4v) is 2.55. The zero-order chi connectivity index (χ0) is 13.7. The van der Waals surface area contributed by atoms with E-state index in [1.54, 1.807) is 31.2 Å². The van der Waals surface area contributed by atoms with Crippen LogP contribution in [0.2, 0.25) is 0 Å². The van der Waals surface area contributed by atoms with Crippen LogP contribution < -0.4 is 4.74 Å². The monoisotopic (exact) mass is 276 g/mol. The Morgan fingerprint density at radius 2 is 2.21 bits per heavy atom. The summed E-state index contributed by atoms with van der Waals surface area (Å²) in [6, 6.07) is 9.33. The van der Waals surface area contributed by atoms with Gasteiger partial charge in [0.05, 0.1) is 24.9 Å². The van der Waals surface area contributed by atoms with Gasteiger partial charge in [-0.25, -0.2) is 0 Å². The SMILES string of the molecule is COc1ccc(C)c(C(=O)CSCc2ccco2)c1. The molecule has 2 rings (SSSR count). The van der Waals surface area contributed by atoms with Crippen LogP contribution in [-0.4, -0.2) is 18.6 Å². The summed E-state index contributed by atoms with van der Waals surface area (Å²) in [7, 11) is 1.60. The Bertz CT molecular complexity index is 547. The van der Waals surface area contributed by atoms with E-state index >= 15 is 0 Å². The Morgan fingerprint density at radius 3 is 2.89 bits per heavy atom. The first-order valence-corrected chi connectivity index (χ1v) is 7.14. The molecule has 0 saturated heterocycles. The van der Waals surface area contributed by atoms with Crippen molar-refractivity contribution in [3.8, 4) is 5.75 Å². The van der Waals surface area contributed by atoms with Crippen molar-refractivity contribution in [2.45, 2.75) is 12.7 Å². The molecule has 0 bridgehead atoms. The molecule has 0 aliphatic rings. The Hall–Kier alpha value is -1.68. The van der Waals surface area contributed by atoms with Gasteiger partial charge in [-0.1, -0.05) is 6.07 Å². The van der Waals surface area contributed by atoms with Gasteiger partial charge in [-0.15, -0.1) is 11.8 Å². The van der Waals surface area contributed by atoms with Crippen molar-refractivity contribution in [2.75, 3.05) is 12.9 Å². The molecule has 0 unspecified atom stereocenters. The molecule has 0 N–H and O–H groups in total. The average Bonchev–Trinajstić information content (AvgIpc) is 2.92. The van der Waals surface area contributed by atoms with Crippen LogP contribution >= 0.6 is 11.8 Å². The fourth-order valence-electron chi connectivity index (χ4n) is 1.75. The van der Waals surface area contributed by atoms with Gasteiger partial charge in [0.25, 0.3) is 0 Å². The van der Waals surface area contributed by atoms with E-state index in [1.807, 2.05) is 31.2 Å². The number of Topliss-reactive ketones (excluding diaryl/α,β-unsaturated/α-hetero) is 1. The summed E-state index contributed by atoms with van der Waals surface area (Å²) in [5, 5.41) is 0. The number of ketones is 1. The number of ether oxygens (including phenoxy) is 1. The third-order valence-electron chi connectivity index (χ3n) is 2.80. The van der Waals surface area contributed by atoms with Crippen LogP contribution in [-0.2, 0) is 5.75 Å². The smallest absolute Gasteiger partial charge is 0.173 e. The number of carbonyl (C=O) groups excluding carboxylic acids is 1. The van der Waals surface area contributed by atoms with E-state index in [0.717, 1.165) is 16.9 Å². The van der Waals surface area contributed by atoms with Crippen LogP contribution in [0.3, 0.4) is 0 Å². The number of carbonyl (C=O) groups is 1. The van der Waals surface area contributed by atoms with Gasteiger partial charge in [0, 0.05) is 5.56 Å². The first-order chi connectivity index (χ1) is 9.20. The standard InChI is InChI=1S/C15H16O3S/c1-11-5-6-12(17-2)8-14(11)15(16)10-19-9-13-4-3-7-18-13/h3-8H,9-10H2,1-2H3. The Labute approximate surface area is 117 Å². The van der Waals surface area contributed by atoms with Crippen molar-refractivity contribution in [2.24, 2.45) is 0 Å². The molecule has 0 atom stereocenters. The summed E-state index contributed by atoms with van der Waals surface area (Å²) < 4.78 is 10.4. The molecular weight excluding hydrogens is 260 g/mol. The quantitative estimate of drug-likeness (QED) is 0.754. The molecule has 1 aromatic heterocycles. The van der Waals surface area contributed by atoms with Gasteiger partial charge in [0.2, 0.25) is 0 Å². The lowest BCUT2D eigenvalue weighted by molar-refractivity contribution is 0.102. The number of hydrogen-bond acceptors (Lipinski definition) is 4. The van der Waals surface area contributed by atoms with E-state index in [9.17, 15) is 4.79 Å². The highest BCUT2D eigenvalue weighted by atomic mass is 32.2. The highest BCUT2D eigenvalue weighted by Gasteiger charge is 2.11. The lowest BCUT2D eigenvalue weighted by atomic mass is 10.1. The van der Waals surface area contributed by atoms with Gasteiger partial charge < -0.3 is 9.15 Å². The highest BCUT2D eigenvalue weighted by Crippen LogP contribution is 2.20. The van der Waals surface area contributed by atoms with Crippen LogP contribution in [0.1, 0.15) is 21.7 Å². The van der Waals surface area contributed by atoms with E-state index in [1.165, 1.54) is 0 Å². The summed E-state index contributed by atoms with van der Waals surface area (Å²) in [6.07, 6.45) is 1.64. The molecule has 0 saturated carbocycles. The van der Waals surface area contributed by atoms with Gasteiger partial charge in [-0.3, -0.25) is 4.79 Å². The van der Waals surface area contributed by atoms with Gasteiger partial charge in [-0.05, 0) is 36.8 Å². The first kappa shape index (κ1) is 13.7. The lowest BCUT2D eigenvalue weighted by Crippen LogP contribution is -2.05. The first-order valence-electron chi connectivity index (χ1n) is 5.98. The minimum Gasteiger partial charge on any atom is -0.497 e. The van der Waals surface area contributed by atoms with E-state index in [4.69, 9.17) is 9.15 Å². The fraction of sp³-hybridized carbons (Fsp3) is 0.267. The van der Waals surface area contributed by atoms with Crippen molar-refractivity contribution in [1.82, 2.24) is 0 Å². The molecule has 0 amide bonds. The van der Waals surface area contributed by atoms with Crippen LogP contribution in [0.25, 0.3) is 0 Å². The molecule has 1 heterocycles. The maximum atomic E-state index is 12.2. The van der Waals surface area contributed by atoms with Crippen LogP contribution in [0.5, 0.6) is 5.75 Å². The molecule has 0 aliphatic carbocycles. The van der Waals surface area contributed by atoms with E-state index in [-0.39, 0.29) is 5.78 Å².